The molecule has 0 atom stereocenters. The van der Waals surface area contributed by atoms with Gasteiger partial charge in [-0.1, -0.05) is 0 Å². The number of hydrogen-bond acceptors (Lipinski definition) is 5. The Labute approximate surface area is 116 Å². The van der Waals surface area contributed by atoms with E-state index in [2.05, 4.69) is 32.5 Å². The Balaban J connectivity index is 1.88. The standard InChI is InChI=1S/C13H9N3OS2/c1-17-11-3-2-7-12(15-11)16-13(14-7)10-6-9-8(19-10)4-5-18-9/h2-6H,1H3,(H,14,15,16). The smallest absolute Gasteiger partial charge is 0.215 e. The van der Waals surface area contributed by atoms with E-state index >= 15 is 0 Å². The second-order valence-corrected chi connectivity index (χ2v) is 6.10. The monoisotopic (exact) mass is 287 g/mol. The van der Waals surface area contributed by atoms with E-state index in [9.17, 15) is 0 Å². The van der Waals surface area contributed by atoms with Crippen molar-refractivity contribution in [2.75, 3.05) is 7.11 Å². The van der Waals surface area contributed by atoms with Gasteiger partial charge in [0.2, 0.25) is 5.88 Å². The molecule has 94 valence electrons. The highest BCUT2D eigenvalue weighted by atomic mass is 32.1. The molecule has 19 heavy (non-hydrogen) atoms. The number of imidazole rings is 1. The van der Waals surface area contributed by atoms with Crippen molar-refractivity contribution < 1.29 is 4.74 Å². The fraction of sp³-hybridized carbons (Fsp3) is 0.0769. The highest BCUT2D eigenvalue weighted by Gasteiger charge is 2.11. The van der Waals surface area contributed by atoms with Crippen LogP contribution in [0.5, 0.6) is 5.88 Å². The second kappa shape index (κ2) is 4.04. The maximum Gasteiger partial charge on any atom is 0.215 e. The van der Waals surface area contributed by atoms with Gasteiger partial charge in [-0.05, 0) is 23.6 Å². The number of nitrogens with zero attached hydrogens (tertiary/aromatic N) is 2. The maximum absolute atomic E-state index is 5.11. The second-order valence-electron chi connectivity index (χ2n) is 4.07. The first-order chi connectivity index (χ1) is 9.33. The van der Waals surface area contributed by atoms with Crippen LogP contribution < -0.4 is 4.74 Å². The number of fused-ring (bicyclic) bond motifs is 2. The lowest BCUT2D eigenvalue weighted by Gasteiger charge is -1.95. The number of methoxy groups -OCH3 is 1. The van der Waals surface area contributed by atoms with Gasteiger partial charge < -0.3 is 9.72 Å². The predicted molar refractivity (Wildman–Crippen MR) is 79.1 cm³/mol. The van der Waals surface area contributed by atoms with Crippen molar-refractivity contribution in [3.05, 3.63) is 29.6 Å². The van der Waals surface area contributed by atoms with Crippen LogP contribution in [0.3, 0.4) is 0 Å². The van der Waals surface area contributed by atoms with Gasteiger partial charge in [0.05, 0.1) is 17.5 Å². The minimum absolute atomic E-state index is 0.581. The Morgan fingerprint density at radius 1 is 1.16 bits per heavy atom. The quantitative estimate of drug-likeness (QED) is 0.608. The number of H-pyrrole nitrogens is 1. The van der Waals surface area contributed by atoms with Crippen molar-refractivity contribution in [2.45, 2.75) is 0 Å². The molecule has 0 fully saturated rings. The van der Waals surface area contributed by atoms with Crippen molar-refractivity contribution in [1.82, 2.24) is 15.0 Å². The van der Waals surface area contributed by atoms with Gasteiger partial charge in [-0.25, -0.2) is 4.98 Å². The van der Waals surface area contributed by atoms with Gasteiger partial charge in [-0.2, -0.15) is 4.98 Å². The summed E-state index contributed by atoms with van der Waals surface area (Å²) < 4.78 is 7.71. The Kier molecular flexibility index (Phi) is 2.33. The molecule has 4 aromatic heterocycles. The molecular weight excluding hydrogens is 278 g/mol. The van der Waals surface area contributed by atoms with E-state index in [1.807, 2.05) is 12.1 Å². The molecule has 0 radical (unpaired) electrons. The molecule has 0 spiro atoms. The number of pyridine rings is 1. The lowest BCUT2D eigenvalue weighted by Crippen LogP contribution is -1.86. The van der Waals surface area contributed by atoms with Gasteiger partial charge in [0, 0.05) is 15.5 Å². The molecule has 0 aliphatic rings. The summed E-state index contributed by atoms with van der Waals surface area (Å²) in [5.74, 6) is 1.45. The SMILES string of the molecule is COc1ccc2[nH]c(-c3cc4sccc4s3)nc2n1. The molecular formula is C13H9N3OS2. The molecule has 1 N–H and O–H groups in total. The first-order valence-corrected chi connectivity index (χ1v) is 7.41. The average Bonchev–Trinajstić information content (AvgIpc) is 3.10. The van der Waals surface area contributed by atoms with E-state index in [1.54, 1.807) is 29.8 Å². The number of rotatable bonds is 2. The van der Waals surface area contributed by atoms with Crippen molar-refractivity contribution in [1.29, 1.82) is 0 Å². The molecule has 0 unspecified atom stereocenters. The molecule has 0 amide bonds. The van der Waals surface area contributed by atoms with Gasteiger partial charge in [-0.15, -0.1) is 22.7 Å². The van der Waals surface area contributed by atoms with E-state index in [0.29, 0.717) is 11.5 Å². The first kappa shape index (κ1) is 11.0. The molecule has 4 aromatic rings. The largest absolute Gasteiger partial charge is 0.481 e. The third-order valence-corrected chi connectivity index (χ3v) is 5.00. The number of aromatic amines is 1. The molecule has 4 heterocycles. The van der Waals surface area contributed by atoms with E-state index in [4.69, 9.17) is 4.74 Å². The minimum atomic E-state index is 0.581. The van der Waals surface area contributed by atoms with E-state index in [1.165, 1.54) is 9.40 Å². The summed E-state index contributed by atoms with van der Waals surface area (Å²) in [6, 6.07) is 8.07. The molecule has 4 nitrogen and oxygen atoms in total. The summed E-state index contributed by atoms with van der Waals surface area (Å²) in [5, 5.41) is 2.11. The Morgan fingerprint density at radius 3 is 2.95 bits per heavy atom. The molecule has 4 rings (SSSR count). The van der Waals surface area contributed by atoms with Crippen LogP contribution in [0.4, 0.5) is 0 Å². The zero-order valence-electron chi connectivity index (χ0n) is 10.0. The van der Waals surface area contributed by atoms with Crippen LogP contribution in [-0.4, -0.2) is 22.1 Å². The fourth-order valence-corrected chi connectivity index (χ4v) is 4.04. The predicted octanol–water partition coefficient (Wildman–Crippen LogP) is 3.91. The highest BCUT2D eigenvalue weighted by molar-refractivity contribution is 7.28. The summed E-state index contributed by atoms with van der Waals surface area (Å²) in [6.07, 6.45) is 0. The van der Waals surface area contributed by atoms with Crippen LogP contribution >= 0.6 is 22.7 Å². The van der Waals surface area contributed by atoms with Gasteiger partial charge in [0.15, 0.2) is 11.5 Å². The Hall–Kier alpha value is -1.92. The van der Waals surface area contributed by atoms with Crippen molar-refractivity contribution in [2.24, 2.45) is 0 Å². The van der Waals surface area contributed by atoms with Gasteiger partial charge in [0.25, 0.3) is 0 Å². The zero-order valence-corrected chi connectivity index (χ0v) is 11.6. The molecule has 0 saturated heterocycles. The average molecular weight is 287 g/mol. The third-order valence-electron chi connectivity index (χ3n) is 2.90. The van der Waals surface area contributed by atoms with E-state index in [-0.39, 0.29) is 0 Å². The van der Waals surface area contributed by atoms with Gasteiger partial charge in [0.1, 0.15) is 0 Å². The summed E-state index contributed by atoms with van der Waals surface area (Å²) in [7, 11) is 1.61. The Morgan fingerprint density at radius 2 is 2.11 bits per heavy atom. The molecule has 0 bridgehead atoms. The van der Waals surface area contributed by atoms with Crippen LogP contribution in [0.2, 0.25) is 0 Å². The molecule has 6 heteroatoms. The summed E-state index contributed by atoms with van der Waals surface area (Å²) in [5.41, 5.74) is 1.61. The normalized spacial score (nSPS) is 11.4. The number of ether oxygens (including phenoxy) is 1. The van der Waals surface area contributed by atoms with Crippen LogP contribution in [0.1, 0.15) is 0 Å². The number of nitrogens with one attached hydrogen (secondary N) is 1. The summed E-state index contributed by atoms with van der Waals surface area (Å²) in [6.45, 7) is 0. The van der Waals surface area contributed by atoms with Crippen LogP contribution in [0, 0.1) is 0 Å². The number of hydrogen-bond donors (Lipinski definition) is 1. The topological polar surface area (TPSA) is 50.8 Å². The summed E-state index contributed by atoms with van der Waals surface area (Å²) >= 11 is 3.49. The van der Waals surface area contributed by atoms with Crippen molar-refractivity contribution in [3.8, 4) is 16.6 Å². The van der Waals surface area contributed by atoms with Crippen LogP contribution in [0.25, 0.3) is 31.3 Å². The number of thiophene rings is 2. The Bertz CT molecular complexity index is 846. The van der Waals surface area contributed by atoms with Gasteiger partial charge >= 0.3 is 0 Å². The van der Waals surface area contributed by atoms with Crippen molar-refractivity contribution >= 4 is 43.2 Å². The zero-order chi connectivity index (χ0) is 12.8. The molecule has 0 aliphatic carbocycles. The highest BCUT2D eigenvalue weighted by Crippen LogP contribution is 2.35. The van der Waals surface area contributed by atoms with E-state index < -0.39 is 0 Å². The maximum atomic E-state index is 5.11. The molecule has 0 saturated carbocycles. The molecule has 0 aromatic carbocycles. The third kappa shape index (κ3) is 1.72. The minimum Gasteiger partial charge on any atom is -0.481 e. The lowest BCUT2D eigenvalue weighted by molar-refractivity contribution is 0.399. The summed E-state index contributed by atoms with van der Waals surface area (Å²) in [4.78, 5) is 13.3. The van der Waals surface area contributed by atoms with Crippen LogP contribution in [0.15, 0.2) is 29.6 Å². The first-order valence-electron chi connectivity index (χ1n) is 5.71. The number of aromatic nitrogens is 3. The van der Waals surface area contributed by atoms with E-state index in [0.717, 1.165) is 16.2 Å². The van der Waals surface area contributed by atoms with Crippen LogP contribution in [-0.2, 0) is 0 Å². The van der Waals surface area contributed by atoms with Gasteiger partial charge in [-0.3, -0.25) is 0 Å². The fourth-order valence-electron chi connectivity index (χ4n) is 1.99. The lowest BCUT2D eigenvalue weighted by atomic mass is 10.4. The molecule has 0 aliphatic heterocycles. The van der Waals surface area contributed by atoms with Crippen molar-refractivity contribution in [3.63, 3.8) is 0 Å².